The molecule has 0 saturated carbocycles. The fourth-order valence-electron chi connectivity index (χ4n) is 2.42. The highest BCUT2D eigenvalue weighted by atomic mass is 16.7. The Labute approximate surface area is 195 Å². The maximum absolute atomic E-state index is 11.7. The van der Waals surface area contributed by atoms with Crippen LogP contribution in [0.15, 0.2) is 12.1 Å². The number of carboxylic acid groups (broad SMARTS) is 2. The van der Waals surface area contributed by atoms with Crippen LogP contribution in [0.25, 0.3) is 0 Å². The van der Waals surface area contributed by atoms with Crippen molar-refractivity contribution in [2.24, 2.45) is 0 Å². The van der Waals surface area contributed by atoms with Gasteiger partial charge in [0.2, 0.25) is 0 Å². The Morgan fingerprint density at radius 2 is 1.09 bits per heavy atom. The molecule has 14 heteroatoms. The molecule has 0 unspecified atom stereocenters. The van der Waals surface area contributed by atoms with E-state index in [9.17, 15) is 19.8 Å². The quantitative estimate of drug-likeness (QED) is 0.124. The minimum absolute atomic E-state index is 0.0844. The molecular weight excluding hydrogens is 464 g/mol. The van der Waals surface area contributed by atoms with E-state index in [1.807, 2.05) is 0 Å². The lowest BCUT2D eigenvalue weighted by Crippen LogP contribution is -2.14. The van der Waals surface area contributed by atoms with E-state index in [4.69, 9.17) is 38.6 Å². The number of aromatic carboxylic acids is 2. The molecule has 0 heterocycles. The van der Waals surface area contributed by atoms with E-state index in [1.165, 1.54) is 6.07 Å². The van der Waals surface area contributed by atoms with E-state index in [-0.39, 0.29) is 83.5 Å². The third-order valence-electron chi connectivity index (χ3n) is 3.92. The van der Waals surface area contributed by atoms with Gasteiger partial charge in [-0.25, -0.2) is 9.59 Å². The van der Waals surface area contributed by atoms with E-state index >= 15 is 0 Å². The van der Waals surface area contributed by atoms with Crippen LogP contribution in [0, 0.1) is 0 Å². The van der Waals surface area contributed by atoms with Crippen LogP contribution in [0.1, 0.15) is 31.8 Å². The molecule has 4 N–H and O–H groups in total. The number of aliphatic hydroxyl groups is 2. The average Bonchev–Trinajstić information content (AvgIpc) is 2.81. The first-order valence-electron chi connectivity index (χ1n) is 9.97. The van der Waals surface area contributed by atoms with Gasteiger partial charge in [-0.15, -0.1) is 0 Å². The van der Waals surface area contributed by atoms with Gasteiger partial charge < -0.3 is 58.3 Å². The molecule has 0 aliphatic rings. The van der Waals surface area contributed by atoms with Crippen molar-refractivity contribution < 1.29 is 67.9 Å². The fourth-order valence-corrected chi connectivity index (χ4v) is 2.42. The van der Waals surface area contributed by atoms with Crippen LogP contribution in [0.4, 0.5) is 0 Å². The number of benzene rings is 1. The number of hydrogen-bond acceptors (Lipinski definition) is 12. The molecule has 0 aliphatic heterocycles. The van der Waals surface area contributed by atoms with Crippen LogP contribution in [0.5, 0.6) is 0 Å². The van der Waals surface area contributed by atoms with Crippen molar-refractivity contribution >= 4 is 11.9 Å². The number of aliphatic hydroxyl groups excluding tert-OH is 2. The molecule has 14 nitrogen and oxygen atoms in total. The van der Waals surface area contributed by atoms with Crippen LogP contribution in [-0.4, -0.2) is 99.5 Å². The summed E-state index contributed by atoms with van der Waals surface area (Å²) in [4.78, 5) is 23.1. The molecule has 0 saturated heterocycles. The highest BCUT2D eigenvalue weighted by Gasteiger charge is 2.19. The first-order valence-corrected chi connectivity index (χ1v) is 9.97. The smallest absolute Gasteiger partial charge is 0.336 e. The maximum atomic E-state index is 11.7. The SMILES string of the molecule is O=C(O)c1cc(COCOCCOCOCO)c(COCOCCOCOCO)c(C(=O)O)c1. The van der Waals surface area contributed by atoms with Crippen molar-refractivity contribution in [1.29, 1.82) is 0 Å². The van der Waals surface area contributed by atoms with E-state index in [0.717, 1.165) is 6.07 Å². The zero-order chi connectivity index (χ0) is 25.0. The van der Waals surface area contributed by atoms with E-state index in [0.29, 0.717) is 5.56 Å². The number of carbonyl (C=O) groups is 2. The zero-order valence-corrected chi connectivity index (χ0v) is 18.5. The summed E-state index contributed by atoms with van der Waals surface area (Å²) in [5.74, 6) is -2.61. The van der Waals surface area contributed by atoms with Gasteiger partial charge >= 0.3 is 11.9 Å². The molecule has 0 fully saturated rings. The molecule has 0 spiro atoms. The lowest BCUT2D eigenvalue weighted by Gasteiger charge is -2.15. The van der Waals surface area contributed by atoms with Crippen molar-refractivity contribution in [3.63, 3.8) is 0 Å². The summed E-state index contributed by atoms with van der Waals surface area (Å²) >= 11 is 0. The summed E-state index contributed by atoms with van der Waals surface area (Å²) < 4.78 is 40.3. The molecular formula is C20H30O14. The second kappa shape index (κ2) is 19.1. The summed E-state index contributed by atoms with van der Waals surface area (Å²) in [7, 11) is 0. The average molecular weight is 494 g/mol. The largest absolute Gasteiger partial charge is 0.478 e. The Balaban J connectivity index is 2.60. The van der Waals surface area contributed by atoms with Crippen LogP contribution < -0.4 is 0 Å². The molecule has 194 valence electrons. The Kier molecular flexibility index (Phi) is 16.7. The van der Waals surface area contributed by atoms with Gasteiger partial charge in [-0.3, -0.25) is 0 Å². The van der Waals surface area contributed by atoms with Crippen LogP contribution in [0.2, 0.25) is 0 Å². The van der Waals surface area contributed by atoms with E-state index in [1.54, 1.807) is 0 Å². The van der Waals surface area contributed by atoms with Gasteiger partial charge in [0.25, 0.3) is 0 Å². The predicted octanol–water partition coefficient (Wildman–Crippen LogP) is -0.0546. The minimum Gasteiger partial charge on any atom is -0.478 e. The molecule has 1 aromatic carbocycles. The molecule has 0 amide bonds. The lowest BCUT2D eigenvalue weighted by molar-refractivity contribution is -0.129. The van der Waals surface area contributed by atoms with Crippen LogP contribution in [0.3, 0.4) is 0 Å². The molecule has 1 rings (SSSR count). The Hall–Kier alpha value is -2.24. The minimum atomic E-state index is -1.32. The lowest BCUT2D eigenvalue weighted by atomic mass is 9.98. The van der Waals surface area contributed by atoms with Gasteiger partial charge in [0.15, 0.2) is 0 Å². The highest BCUT2D eigenvalue weighted by molar-refractivity contribution is 5.95. The molecule has 0 radical (unpaired) electrons. The van der Waals surface area contributed by atoms with Crippen LogP contribution >= 0.6 is 0 Å². The number of rotatable bonds is 22. The third kappa shape index (κ3) is 12.9. The Morgan fingerprint density at radius 1 is 0.618 bits per heavy atom. The second-order valence-corrected chi connectivity index (χ2v) is 6.24. The normalized spacial score (nSPS) is 11.1. The van der Waals surface area contributed by atoms with Crippen molar-refractivity contribution in [3.8, 4) is 0 Å². The fraction of sp³-hybridized carbons (Fsp3) is 0.600. The predicted molar refractivity (Wildman–Crippen MR) is 110 cm³/mol. The van der Waals surface area contributed by atoms with Gasteiger partial charge in [0, 0.05) is 0 Å². The van der Waals surface area contributed by atoms with E-state index in [2.05, 4.69) is 9.47 Å². The molecule has 34 heavy (non-hydrogen) atoms. The Bertz CT molecular complexity index is 711. The molecule has 0 atom stereocenters. The van der Waals surface area contributed by atoms with Gasteiger partial charge in [-0.05, 0) is 23.3 Å². The Morgan fingerprint density at radius 3 is 1.53 bits per heavy atom. The number of ether oxygens (including phenoxy) is 8. The van der Waals surface area contributed by atoms with Gasteiger partial charge in [0.1, 0.15) is 40.8 Å². The second-order valence-electron chi connectivity index (χ2n) is 6.24. The molecule has 0 aromatic heterocycles. The van der Waals surface area contributed by atoms with Crippen molar-refractivity contribution in [2.45, 2.75) is 13.2 Å². The molecule has 0 bridgehead atoms. The highest BCUT2D eigenvalue weighted by Crippen LogP contribution is 2.21. The summed E-state index contributed by atoms with van der Waals surface area (Å²) in [6.45, 7) is -0.988. The van der Waals surface area contributed by atoms with Crippen LogP contribution in [-0.2, 0) is 51.1 Å². The van der Waals surface area contributed by atoms with Gasteiger partial charge in [0.05, 0.1) is 50.8 Å². The van der Waals surface area contributed by atoms with Gasteiger partial charge in [-0.1, -0.05) is 0 Å². The first kappa shape index (κ1) is 29.8. The van der Waals surface area contributed by atoms with E-state index < -0.39 is 25.5 Å². The standard InChI is InChI=1S/C20H30O14/c21-9-33-13-29-3-1-27-11-31-7-16-5-15(19(23)24)6-17(20(25)26)18(16)8-32-12-28-2-4-30-14-34-10-22/h5-6,21-22H,1-4,7-14H2,(H,23,24)(H,25,26). The summed E-state index contributed by atoms with van der Waals surface area (Å²) in [6.07, 6.45) is 0. The number of carboxylic acids is 2. The molecule has 0 aliphatic carbocycles. The van der Waals surface area contributed by atoms with Crippen molar-refractivity contribution in [2.75, 3.05) is 67.2 Å². The first-order chi connectivity index (χ1) is 16.5. The zero-order valence-electron chi connectivity index (χ0n) is 18.5. The third-order valence-corrected chi connectivity index (χ3v) is 3.92. The van der Waals surface area contributed by atoms with Crippen molar-refractivity contribution in [3.05, 3.63) is 34.4 Å². The summed E-state index contributed by atoms with van der Waals surface area (Å²) in [5.41, 5.74) is 0.0915. The van der Waals surface area contributed by atoms with Crippen molar-refractivity contribution in [1.82, 2.24) is 0 Å². The topological polar surface area (TPSA) is 189 Å². The summed E-state index contributed by atoms with van der Waals surface area (Å²) in [6, 6.07) is 2.35. The number of hydrogen-bond donors (Lipinski definition) is 4. The molecule has 1 aromatic rings. The summed E-state index contributed by atoms with van der Waals surface area (Å²) in [5, 5.41) is 35.7. The monoisotopic (exact) mass is 494 g/mol. The maximum Gasteiger partial charge on any atom is 0.336 e. The van der Waals surface area contributed by atoms with Gasteiger partial charge in [-0.2, -0.15) is 0 Å².